The Morgan fingerprint density at radius 2 is 1.55 bits per heavy atom. The molecule has 2 heterocycles. The second kappa shape index (κ2) is 11.0. The molecular weight excluding hydrogens is 493 g/mol. The van der Waals surface area contributed by atoms with Crippen LogP contribution in [0.5, 0.6) is 17.2 Å². The van der Waals surface area contributed by atoms with Crippen LogP contribution in [0.4, 0.5) is 13.2 Å². The minimum atomic E-state index is -4.74. The Bertz CT molecular complexity index is 1370. The number of phenols is 1. The number of benzene rings is 3. The number of aryl methyl sites for hydroxylation is 1. The smallest absolute Gasteiger partial charge is 0.508 e. The van der Waals surface area contributed by atoms with Crippen LogP contribution in [0.15, 0.2) is 66.7 Å². The SMILES string of the molecule is Cc1c(-c2ccc(OC(F)(F)F)cc2)n(Cc2ccc(OCCN3CCCCC3)cc2)c2ccc(O)cc12. The summed E-state index contributed by atoms with van der Waals surface area (Å²) in [6.07, 6.45) is -0.909. The predicted octanol–water partition coefficient (Wildman–Crippen LogP) is 7.13. The van der Waals surface area contributed by atoms with Gasteiger partial charge in [0.1, 0.15) is 23.9 Å². The first-order valence-electron chi connectivity index (χ1n) is 12.9. The highest BCUT2D eigenvalue weighted by Gasteiger charge is 2.31. The van der Waals surface area contributed by atoms with Crippen LogP contribution in [0.3, 0.4) is 0 Å². The molecule has 1 saturated heterocycles. The molecule has 8 heteroatoms. The average molecular weight is 525 g/mol. The third kappa shape index (κ3) is 6.07. The molecule has 1 N–H and O–H groups in total. The fraction of sp³-hybridized carbons (Fsp3) is 0.333. The van der Waals surface area contributed by atoms with Gasteiger partial charge < -0.3 is 19.1 Å². The Morgan fingerprint density at radius 3 is 2.24 bits per heavy atom. The Labute approximate surface area is 220 Å². The van der Waals surface area contributed by atoms with Gasteiger partial charge in [0.25, 0.3) is 0 Å². The van der Waals surface area contributed by atoms with E-state index in [1.807, 2.05) is 37.3 Å². The third-order valence-corrected chi connectivity index (χ3v) is 7.05. The number of rotatable bonds is 8. The van der Waals surface area contributed by atoms with Gasteiger partial charge in [-0.05, 0) is 104 Å². The number of phenolic OH excluding ortho intramolecular Hbond substituents is 1. The van der Waals surface area contributed by atoms with Crippen molar-refractivity contribution in [1.29, 1.82) is 0 Å². The lowest BCUT2D eigenvalue weighted by Gasteiger charge is -2.26. The number of piperidine rings is 1. The van der Waals surface area contributed by atoms with Crippen molar-refractivity contribution < 1.29 is 27.8 Å². The van der Waals surface area contributed by atoms with Gasteiger partial charge in [-0.2, -0.15) is 0 Å². The van der Waals surface area contributed by atoms with Crippen LogP contribution >= 0.6 is 0 Å². The first-order valence-corrected chi connectivity index (χ1v) is 12.9. The van der Waals surface area contributed by atoms with Gasteiger partial charge in [-0.3, -0.25) is 4.90 Å². The van der Waals surface area contributed by atoms with Crippen LogP contribution in [0.1, 0.15) is 30.4 Å². The third-order valence-electron chi connectivity index (χ3n) is 7.05. The number of hydrogen-bond donors (Lipinski definition) is 1. The zero-order valence-corrected chi connectivity index (χ0v) is 21.3. The largest absolute Gasteiger partial charge is 0.573 e. The quantitative estimate of drug-likeness (QED) is 0.266. The molecule has 5 rings (SSSR count). The van der Waals surface area contributed by atoms with E-state index < -0.39 is 6.36 Å². The monoisotopic (exact) mass is 524 g/mol. The molecule has 0 spiro atoms. The molecule has 1 fully saturated rings. The average Bonchev–Trinajstić information content (AvgIpc) is 3.16. The van der Waals surface area contributed by atoms with Gasteiger partial charge in [0.2, 0.25) is 0 Å². The zero-order chi connectivity index (χ0) is 26.7. The van der Waals surface area contributed by atoms with E-state index in [1.54, 1.807) is 24.3 Å². The molecule has 0 saturated carbocycles. The van der Waals surface area contributed by atoms with E-state index in [0.717, 1.165) is 58.7 Å². The number of alkyl halides is 3. The van der Waals surface area contributed by atoms with E-state index in [-0.39, 0.29) is 11.5 Å². The molecule has 0 bridgehead atoms. The van der Waals surface area contributed by atoms with E-state index >= 15 is 0 Å². The maximum absolute atomic E-state index is 12.6. The lowest BCUT2D eigenvalue weighted by atomic mass is 10.1. The molecule has 0 aliphatic carbocycles. The molecule has 1 aliphatic rings. The summed E-state index contributed by atoms with van der Waals surface area (Å²) < 4.78 is 50.0. The van der Waals surface area contributed by atoms with Gasteiger partial charge >= 0.3 is 6.36 Å². The number of likely N-dealkylation sites (tertiary alicyclic amines) is 1. The van der Waals surface area contributed by atoms with E-state index in [4.69, 9.17) is 4.74 Å². The van der Waals surface area contributed by atoms with E-state index in [2.05, 4.69) is 14.2 Å². The molecule has 0 unspecified atom stereocenters. The molecule has 1 aromatic heterocycles. The highest BCUT2D eigenvalue weighted by Crippen LogP contribution is 2.37. The Hall–Kier alpha value is -3.65. The van der Waals surface area contributed by atoms with Crippen LogP contribution in [-0.2, 0) is 6.54 Å². The van der Waals surface area contributed by atoms with Gasteiger partial charge in [-0.15, -0.1) is 13.2 Å². The first kappa shape index (κ1) is 26.0. The number of nitrogens with zero attached hydrogens (tertiary/aromatic N) is 2. The van der Waals surface area contributed by atoms with Crippen LogP contribution in [-0.4, -0.2) is 47.2 Å². The van der Waals surface area contributed by atoms with Crippen molar-refractivity contribution in [2.75, 3.05) is 26.2 Å². The molecule has 0 amide bonds. The Kier molecular flexibility index (Phi) is 7.51. The predicted molar refractivity (Wildman–Crippen MR) is 142 cm³/mol. The fourth-order valence-corrected chi connectivity index (χ4v) is 5.21. The zero-order valence-electron chi connectivity index (χ0n) is 21.3. The van der Waals surface area contributed by atoms with Crippen molar-refractivity contribution in [1.82, 2.24) is 9.47 Å². The van der Waals surface area contributed by atoms with E-state index in [0.29, 0.717) is 13.2 Å². The molecule has 3 aromatic carbocycles. The molecule has 5 nitrogen and oxygen atoms in total. The summed E-state index contributed by atoms with van der Waals surface area (Å²) >= 11 is 0. The van der Waals surface area contributed by atoms with Gasteiger partial charge in [-0.25, -0.2) is 0 Å². The highest BCUT2D eigenvalue weighted by molar-refractivity contribution is 5.92. The maximum Gasteiger partial charge on any atom is 0.573 e. The number of fused-ring (bicyclic) bond motifs is 1. The topological polar surface area (TPSA) is 46.9 Å². The summed E-state index contributed by atoms with van der Waals surface area (Å²) in [7, 11) is 0. The number of aromatic nitrogens is 1. The maximum atomic E-state index is 12.6. The normalized spacial score (nSPS) is 14.6. The van der Waals surface area contributed by atoms with Crippen LogP contribution in [0.2, 0.25) is 0 Å². The van der Waals surface area contributed by atoms with Crippen molar-refractivity contribution in [2.24, 2.45) is 0 Å². The van der Waals surface area contributed by atoms with Gasteiger partial charge in [-0.1, -0.05) is 18.6 Å². The van der Waals surface area contributed by atoms with Crippen molar-refractivity contribution in [2.45, 2.75) is 39.1 Å². The molecular formula is C30H31F3N2O3. The van der Waals surface area contributed by atoms with Gasteiger partial charge in [0, 0.05) is 24.0 Å². The summed E-state index contributed by atoms with van der Waals surface area (Å²) in [5.74, 6) is 0.712. The molecule has 38 heavy (non-hydrogen) atoms. The molecule has 4 aromatic rings. The minimum Gasteiger partial charge on any atom is -0.508 e. The highest BCUT2D eigenvalue weighted by atomic mass is 19.4. The molecule has 0 atom stereocenters. The summed E-state index contributed by atoms with van der Waals surface area (Å²) in [4.78, 5) is 2.44. The Morgan fingerprint density at radius 1 is 0.868 bits per heavy atom. The van der Waals surface area contributed by atoms with Gasteiger partial charge in [0.05, 0.1) is 5.69 Å². The van der Waals surface area contributed by atoms with E-state index in [1.165, 1.54) is 31.4 Å². The number of aromatic hydroxyl groups is 1. The first-order chi connectivity index (χ1) is 18.3. The number of hydrogen-bond acceptors (Lipinski definition) is 4. The van der Waals surface area contributed by atoms with Crippen molar-refractivity contribution in [3.8, 4) is 28.5 Å². The lowest BCUT2D eigenvalue weighted by Crippen LogP contribution is -2.33. The van der Waals surface area contributed by atoms with Crippen LogP contribution in [0.25, 0.3) is 22.2 Å². The summed E-state index contributed by atoms with van der Waals surface area (Å²) in [6, 6.07) is 19.1. The molecule has 0 radical (unpaired) electrons. The summed E-state index contributed by atoms with van der Waals surface area (Å²) in [6.45, 7) is 6.36. The summed E-state index contributed by atoms with van der Waals surface area (Å²) in [5.41, 5.74) is 4.53. The van der Waals surface area contributed by atoms with Crippen molar-refractivity contribution in [3.63, 3.8) is 0 Å². The molecule has 1 aliphatic heterocycles. The van der Waals surface area contributed by atoms with E-state index in [9.17, 15) is 18.3 Å². The van der Waals surface area contributed by atoms with Crippen LogP contribution in [0, 0.1) is 6.92 Å². The minimum absolute atomic E-state index is 0.157. The Balaban J connectivity index is 1.37. The number of ether oxygens (including phenoxy) is 2. The van der Waals surface area contributed by atoms with Crippen molar-refractivity contribution >= 4 is 10.9 Å². The second-order valence-electron chi connectivity index (χ2n) is 9.73. The second-order valence-corrected chi connectivity index (χ2v) is 9.73. The standard InChI is InChI=1S/C30H31F3N2O3/c1-21-27-19-24(36)9-14-28(27)35(29(21)23-7-12-26(13-8-23)38-30(31,32)33)20-22-5-10-25(11-6-22)37-18-17-34-15-3-2-4-16-34/h5-14,19,36H,2-4,15-18,20H2,1H3. The van der Waals surface area contributed by atoms with Crippen molar-refractivity contribution in [3.05, 3.63) is 77.9 Å². The number of halogens is 3. The lowest BCUT2D eigenvalue weighted by molar-refractivity contribution is -0.274. The molecule has 200 valence electrons. The van der Waals surface area contributed by atoms with Gasteiger partial charge in [0.15, 0.2) is 0 Å². The summed E-state index contributed by atoms with van der Waals surface area (Å²) in [5, 5.41) is 11.0. The van der Waals surface area contributed by atoms with Crippen LogP contribution < -0.4 is 9.47 Å². The fourth-order valence-electron chi connectivity index (χ4n) is 5.21.